The fraction of sp³-hybridized carbons (Fsp3) is 0.500. The van der Waals surface area contributed by atoms with Gasteiger partial charge in [0.25, 0.3) is 0 Å². The molecule has 0 N–H and O–H groups in total. The molecule has 2 aromatic rings. The third-order valence-corrected chi connectivity index (χ3v) is 4.00. The zero-order chi connectivity index (χ0) is 13.1. The molecule has 0 amide bonds. The van der Waals surface area contributed by atoms with Gasteiger partial charge in [0.15, 0.2) is 0 Å². The van der Waals surface area contributed by atoms with Gasteiger partial charge in [0, 0.05) is 35.0 Å². The van der Waals surface area contributed by atoms with Gasteiger partial charge < -0.3 is 4.57 Å². The normalized spacial score (nSPS) is 14.8. The lowest BCUT2D eigenvalue weighted by Gasteiger charge is -2.16. The summed E-state index contributed by atoms with van der Waals surface area (Å²) in [7, 11) is -0.769. The zero-order valence-electron chi connectivity index (χ0n) is 10.5. The van der Waals surface area contributed by atoms with Gasteiger partial charge in [-0.2, -0.15) is 0 Å². The summed E-state index contributed by atoms with van der Waals surface area (Å²) in [6.07, 6.45) is 6.07. The van der Waals surface area contributed by atoms with E-state index in [1.165, 1.54) is 0 Å². The van der Waals surface area contributed by atoms with E-state index in [-0.39, 0.29) is 6.04 Å². The van der Waals surface area contributed by atoms with E-state index in [1.54, 1.807) is 18.6 Å². The van der Waals surface area contributed by atoms with Crippen LogP contribution in [0.1, 0.15) is 25.2 Å². The monoisotopic (exact) mass is 285 g/mol. The van der Waals surface area contributed by atoms with E-state index >= 15 is 0 Å². The third kappa shape index (κ3) is 2.72. The van der Waals surface area contributed by atoms with Crippen LogP contribution in [0.25, 0.3) is 11.0 Å². The minimum absolute atomic E-state index is 0.232. The van der Waals surface area contributed by atoms with Crippen LogP contribution in [-0.2, 0) is 16.7 Å². The van der Waals surface area contributed by atoms with Crippen molar-refractivity contribution >= 4 is 33.4 Å². The summed E-state index contributed by atoms with van der Waals surface area (Å²) in [5.41, 5.74) is 1.90. The Labute approximate surface area is 114 Å². The summed E-state index contributed by atoms with van der Waals surface area (Å²) in [6, 6.07) is 2.17. The highest BCUT2D eigenvalue weighted by molar-refractivity contribution is 7.84. The van der Waals surface area contributed by atoms with Crippen molar-refractivity contribution in [2.24, 2.45) is 0 Å². The quantitative estimate of drug-likeness (QED) is 0.793. The van der Waals surface area contributed by atoms with E-state index < -0.39 is 10.8 Å². The van der Waals surface area contributed by atoms with Crippen LogP contribution in [0.4, 0.5) is 0 Å². The van der Waals surface area contributed by atoms with Crippen molar-refractivity contribution in [3.63, 3.8) is 0 Å². The maximum atomic E-state index is 11.2. The van der Waals surface area contributed by atoms with E-state index in [0.29, 0.717) is 11.6 Å². The summed E-state index contributed by atoms with van der Waals surface area (Å²) in [5, 5.41) is 0. The molecule has 0 aliphatic heterocycles. The molecule has 0 radical (unpaired) electrons. The molecule has 18 heavy (non-hydrogen) atoms. The van der Waals surface area contributed by atoms with Crippen LogP contribution in [0.3, 0.4) is 0 Å². The number of hydrogen-bond donors (Lipinski definition) is 0. The standard InChI is InChI=1S/C12H16ClN3OS/c1-9(4-6-18(2)17)16-11-3-5-14-8-10(11)15-12(16)7-13/h3,5,8-9H,4,6-7H2,1-2H3. The largest absolute Gasteiger partial charge is 0.324 e. The van der Waals surface area contributed by atoms with Crippen LogP contribution in [-0.4, -0.2) is 30.8 Å². The van der Waals surface area contributed by atoms with Crippen LogP contribution in [0.15, 0.2) is 18.5 Å². The smallest absolute Gasteiger partial charge is 0.125 e. The van der Waals surface area contributed by atoms with Gasteiger partial charge in [0.2, 0.25) is 0 Å². The molecule has 0 aliphatic rings. The van der Waals surface area contributed by atoms with Gasteiger partial charge in [-0.05, 0) is 19.4 Å². The molecule has 0 saturated carbocycles. The summed E-state index contributed by atoms with van der Waals surface area (Å²) in [5.74, 6) is 1.90. The van der Waals surface area contributed by atoms with Crippen molar-refractivity contribution in [1.82, 2.24) is 14.5 Å². The molecule has 2 unspecified atom stereocenters. The number of nitrogens with zero attached hydrogens (tertiary/aromatic N) is 3. The predicted molar refractivity (Wildman–Crippen MR) is 75.3 cm³/mol. The lowest BCUT2D eigenvalue weighted by atomic mass is 10.2. The Kier molecular flexibility index (Phi) is 4.35. The lowest BCUT2D eigenvalue weighted by molar-refractivity contribution is 0.531. The summed E-state index contributed by atoms with van der Waals surface area (Å²) in [6.45, 7) is 2.10. The molecular formula is C12H16ClN3OS. The molecular weight excluding hydrogens is 270 g/mol. The van der Waals surface area contributed by atoms with E-state index in [2.05, 4.69) is 21.5 Å². The lowest BCUT2D eigenvalue weighted by Crippen LogP contribution is -2.11. The van der Waals surface area contributed by atoms with Crippen molar-refractivity contribution < 1.29 is 4.21 Å². The first kappa shape index (κ1) is 13.5. The molecule has 0 aliphatic carbocycles. The number of halogens is 1. The SMILES string of the molecule is CC(CCS(C)=O)n1c(CCl)nc2cnccc21. The fourth-order valence-corrected chi connectivity index (χ4v) is 2.91. The molecule has 2 aromatic heterocycles. The second-order valence-electron chi connectivity index (χ2n) is 4.31. The molecule has 2 atom stereocenters. The number of imidazole rings is 1. The Balaban J connectivity index is 2.38. The van der Waals surface area contributed by atoms with Crippen LogP contribution in [0.2, 0.25) is 0 Å². The Morgan fingerprint density at radius 2 is 2.33 bits per heavy atom. The minimum Gasteiger partial charge on any atom is -0.324 e. The van der Waals surface area contributed by atoms with E-state index in [0.717, 1.165) is 23.3 Å². The zero-order valence-corrected chi connectivity index (χ0v) is 12.0. The highest BCUT2D eigenvalue weighted by Crippen LogP contribution is 2.23. The molecule has 4 nitrogen and oxygen atoms in total. The van der Waals surface area contributed by atoms with Crippen molar-refractivity contribution in [3.8, 4) is 0 Å². The van der Waals surface area contributed by atoms with Gasteiger partial charge in [-0.3, -0.25) is 9.19 Å². The number of pyridine rings is 1. The maximum absolute atomic E-state index is 11.2. The molecule has 98 valence electrons. The van der Waals surface area contributed by atoms with Crippen LogP contribution in [0, 0.1) is 0 Å². The first-order valence-corrected chi connectivity index (χ1v) is 8.06. The van der Waals surface area contributed by atoms with Crippen LogP contribution in [0.5, 0.6) is 0 Å². The molecule has 0 bridgehead atoms. The van der Waals surface area contributed by atoms with E-state index in [1.807, 2.05) is 6.07 Å². The molecule has 2 heterocycles. The second kappa shape index (κ2) is 5.80. The minimum atomic E-state index is -0.769. The average Bonchev–Trinajstić information content (AvgIpc) is 2.74. The van der Waals surface area contributed by atoms with E-state index in [9.17, 15) is 4.21 Å². The predicted octanol–water partition coefficient (Wildman–Crippen LogP) is 2.50. The van der Waals surface area contributed by atoms with Gasteiger partial charge in [0.05, 0.1) is 17.6 Å². The van der Waals surface area contributed by atoms with Crippen molar-refractivity contribution in [3.05, 3.63) is 24.3 Å². The van der Waals surface area contributed by atoms with Gasteiger partial charge in [-0.1, -0.05) is 0 Å². The fourth-order valence-electron chi connectivity index (χ4n) is 2.05. The Bertz CT molecular complexity index is 569. The number of hydrogen-bond acceptors (Lipinski definition) is 3. The molecule has 2 rings (SSSR count). The first-order chi connectivity index (χ1) is 8.63. The van der Waals surface area contributed by atoms with Crippen molar-refractivity contribution in [2.45, 2.75) is 25.3 Å². The molecule has 6 heteroatoms. The van der Waals surface area contributed by atoms with Crippen molar-refractivity contribution in [2.75, 3.05) is 12.0 Å². The topological polar surface area (TPSA) is 47.8 Å². The van der Waals surface area contributed by atoms with Crippen LogP contribution >= 0.6 is 11.6 Å². The maximum Gasteiger partial charge on any atom is 0.125 e. The third-order valence-electron chi connectivity index (χ3n) is 2.95. The Morgan fingerprint density at radius 1 is 1.56 bits per heavy atom. The average molecular weight is 286 g/mol. The van der Waals surface area contributed by atoms with Gasteiger partial charge >= 0.3 is 0 Å². The van der Waals surface area contributed by atoms with Crippen LogP contribution < -0.4 is 0 Å². The number of fused-ring (bicyclic) bond motifs is 1. The summed E-state index contributed by atoms with van der Waals surface area (Å²) in [4.78, 5) is 8.54. The number of aromatic nitrogens is 3. The first-order valence-electron chi connectivity index (χ1n) is 5.80. The highest BCUT2D eigenvalue weighted by atomic mass is 35.5. The number of alkyl halides is 1. The Morgan fingerprint density at radius 3 is 3.00 bits per heavy atom. The van der Waals surface area contributed by atoms with Gasteiger partial charge in [-0.25, -0.2) is 4.98 Å². The summed E-state index contributed by atoms with van der Waals surface area (Å²) < 4.78 is 13.3. The molecule has 0 spiro atoms. The Hall–Kier alpha value is -0.940. The van der Waals surface area contributed by atoms with Gasteiger partial charge in [0.1, 0.15) is 11.3 Å². The van der Waals surface area contributed by atoms with E-state index in [4.69, 9.17) is 11.6 Å². The number of rotatable bonds is 5. The highest BCUT2D eigenvalue weighted by Gasteiger charge is 2.15. The molecule has 0 aromatic carbocycles. The van der Waals surface area contributed by atoms with Crippen molar-refractivity contribution in [1.29, 1.82) is 0 Å². The second-order valence-corrected chi connectivity index (χ2v) is 6.13. The van der Waals surface area contributed by atoms with Gasteiger partial charge in [-0.15, -0.1) is 11.6 Å². The molecule has 0 saturated heterocycles. The molecule has 0 fully saturated rings. The summed E-state index contributed by atoms with van der Waals surface area (Å²) >= 11 is 5.95.